The van der Waals surface area contributed by atoms with Crippen LogP contribution < -0.4 is 5.32 Å². The summed E-state index contributed by atoms with van der Waals surface area (Å²) in [5, 5.41) is 20.0. The average molecular weight is 226 g/mol. The van der Waals surface area contributed by atoms with Crippen LogP contribution in [0.4, 0.5) is 0 Å². The second kappa shape index (κ2) is 7.35. The van der Waals surface area contributed by atoms with Gasteiger partial charge in [-0.15, -0.1) is 5.10 Å². The predicted molar refractivity (Wildman–Crippen MR) is 62.8 cm³/mol. The summed E-state index contributed by atoms with van der Waals surface area (Å²) in [5.74, 6) is 0.566. The van der Waals surface area contributed by atoms with Crippen molar-refractivity contribution in [2.45, 2.75) is 32.7 Å². The summed E-state index contributed by atoms with van der Waals surface area (Å²) < 4.78 is 1.77. The first kappa shape index (κ1) is 13.1. The van der Waals surface area contributed by atoms with Crippen LogP contribution in [0.3, 0.4) is 0 Å². The van der Waals surface area contributed by atoms with Gasteiger partial charge in [-0.2, -0.15) is 0 Å². The normalized spacial score (nSPS) is 12.9. The van der Waals surface area contributed by atoms with Crippen molar-refractivity contribution in [2.24, 2.45) is 13.0 Å². The summed E-state index contributed by atoms with van der Waals surface area (Å²) in [7, 11) is 1.89. The first-order valence-corrected chi connectivity index (χ1v) is 5.93. The Morgan fingerprint density at radius 1 is 1.50 bits per heavy atom. The third-order valence-corrected chi connectivity index (χ3v) is 2.78. The molecule has 0 bridgehead atoms. The van der Waals surface area contributed by atoms with E-state index < -0.39 is 0 Å². The molecule has 0 aliphatic carbocycles. The molecule has 92 valence electrons. The number of aryl methyl sites for hydroxylation is 1. The minimum Gasteiger partial charge on any atom is -0.396 e. The van der Waals surface area contributed by atoms with E-state index in [0.717, 1.165) is 31.6 Å². The molecular weight excluding hydrogens is 204 g/mol. The Morgan fingerprint density at radius 3 is 2.88 bits per heavy atom. The molecule has 16 heavy (non-hydrogen) atoms. The molecule has 1 unspecified atom stereocenters. The van der Waals surface area contributed by atoms with Crippen LogP contribution in [0.25, 0.3) is 0 Å². The molecule has 0 aromatic carbocycles. The van der Waals surface area contributed by atoms with Gasteiger partial charge < -0.3 is 10.4 Å². The summed E-state index contributed by atoms with van der Waals surface area (Å²) >= 11 is 0. The highest BCUT2D eigenvalue weighted by Gasteiger charge is 2.07. The molecule has 5 heteroatoms. The van der Waals surface area contributed by atoms with Crippen LogP contribution in [0.5, 0.6) is 0 Å². The van der Waals surface area contributed by atoms with Crippen molar-refractivity contribution in [2.75, 3.05) is 13.2 Å². The van der Waals surface area contributed by atoms with Crippen LogP contribution in [0, 0.1) is 5.92 Å². The lowest BCUT2D eigenvalue weighted by atomic mass is 10.0. The van der Waals surface area contributed by atoms with Crippen molar-refractivity contribution in [1.29, 1.82) is 0 Å². The third-order valence-electron chi connectivity index (χ3n) is 2.78. The molecule has 0 aliphatic rings. The number of hydrogen-bond donors (Lipinski definition) is 2. The molecule has 1 heterocycles. The number of nitrogens with one attached hydrogen (secondary N) is 1. The largest absolute Gasteiger partial charge is 0.396 e. The number of nitrogens with zero attached hydrogens (tertiary/aromatic N) is 3. The van der Waals surface area contributed by atoms with Crippen LogP contribution >= 0.6 is 0 Å². The molecular formula is C11H22N4O. The molecule has 1 rings (SSSR count). The fourth-order valence-corrected chi connectivity index (χ4v) is 1.81. The third kappa shape index (κ3) is 4.28. The second-order valence-corrected chi connectivity index (χ2v) is 4.15. The van der Waals surface area contributed by atoms with Gasteiger partial charge in [-0.3, -0.25) is 4.68 Å². The smallest absolute Gasteiger partial charge is 0.0738 e. The topological polar surface area (TPSA) is 63.0 Å². The van der Waals surface area contributed by atoms with Gasteiger partial charge in [0.15, 0.2) is 0 Å². The molecule has 0 radical (unpaired) electrons. The molecule has 0 aliphatic heterocycles. The van der Waals surface area contributed by atoms with Gasteiger partial charge in [0.2, 0.25) is 0 Å². The lowest BCUT2D eigenvalue weighted by Crippen LogP contribution is -2.24. The van der Waals surface area contributed by atoms with Gasteiger partial charge >= 0.3 is 0 Å². The minimum atomic E-state index is 0.277. The Morgan fingerprint density at radius 2 is 2.31 bits per heavy atom. The number of aliphatic hydroxyl groups is 1. The average Bonchev–Trinajstić information content (AvgIpc) is 2.65. The Labute approximate surface area is 96.9 Å². The molecule has 2 N–H and O–H groups in total. The van der Waals surface area contributed by atoms with Crippen LogP contribution in [-0.4, -0.2) is 33.3 Å². The van der Waals surface area contributed by atoms with E-state index >= 15 is 0 Å². The first-order valence-electron chi connectivity index (χ1n) is 5.93. The zero-order valence-corrected chi connectivity index (χ0v) is 10.2. The maximum Gasteiger partial charge on any atom is 0.0738 e. The van der Waals surface area contributed by atoms with E-state index in [4.69, 9.17) is 5.11 Å². The maximum atomic E-state index is 8.94. The van der Waals surface area contributed by atoms with Crippen LogP contribution in [0.15, 0.2) is 6.20 Å². The van der Waals surface area contributed by atoms with Crippen molar-refractivity contribution in [3.8, 4) is 0 Å². The summed E-state index contributed by atoms with van der Waals surface area (Å²) in [4.78, 5) is 0. The predicted octanol–water partition coefficient (Wildman–Crippen LogP) is 0.703. The SMILES string of the molecule is CCCC(CCO)CNCc1cnnn1C. The number of rotatable bonds is 8. The van der Waals surface area contributed by atoms with Gasteiger partial charge in [-0.1, -0.05) is 18.6 Å². The molecule has 1 atom stereocenters. The first-order chi connectivity index (χ1) is 7.77. The van der Waals surface area contributed by atoms with E-state index in [1.165, 1.54) is 6.42 Å². The van der Waals surface area contributed by atoms with Gasteiger partial charge in [0.1, 0.15) is 0 Å². The van der Waals surface area contributed by atoms with Gasteiger partial charge in [-0.25, -0.2) is 0 Å². The fraction of sp³-hybridized carbons (Fsp3) is 0.818. The lowest BCUT2D eigenvalue weighted by Gasteiger charge is -2.15. The van der Waals surface area contributed by atoms with Gasteiger partial charge in [0.25, 0.3) is 0 Å². The van der Waals surface area contributed by atoms with E-state index in [2.05, 4.69) is 22.6 Å². The molecule has 0 saturated carbocycles. The van der Waals surface area contributed by atoms with Gasteiger partial charge in [0.05, 0.1) is 11.9 Å². The Bertz CT molecular complexity index is 281. The molecule has 1 aromatic rings. The van der Waals surface area contributed by atoms with Crippen molar-refractivity contribution >= 4 is 0 Å². The molecule has 5 nitrogen and oxygen atoms in total. The Hall–Kier alpha value is -0.940. The van der Waals surface area contributed by atoms with E-state index in [9.17, 15) is 0 Å². The van der Waals surface area contributed by atoms with E-state index in [0.29, 0.717) is 5.92 Å². The van der Waals surface area contributed by atoms with E-state index in [1.807, 2.05) is 7.05 Å². The number of aliphatic hydroxyl groups excluding tert-OH is 1. The summed E-state index contributed by atoms with van der Waals surface area (Å²) in [6.45, 7) is 4.18. The van der Waals surface area contributed by atoms with Crippen LogP contribution in [0.2, 0.25) is 0 Å². The molecule has 1 aromatic heterocycles. The summed E-state index contributed by atoms with van der Waals surface area (Å²) in [6.07, 6.45) is 4.98. The zero-order valence-electron chi connectivity index (χ0n) is 10.2. The molecule has 0 saturated heterocycles. The maximum absolute atomic E-state index is 8.94. The van der Waals surface area contributed by atoms with E-state index in [1.54, 1.807) is 10.9 Å². The summed E-state index contributed by atoms with van der Waals surface area (Å²) in [5.41, 5.74) is 1.08. The lowest BCUT2D eigenvalue weighted by molar-refractivity contribution is 0.247. The van der Waals surface area contributed by atoms with Gasteiger partial charge in [0, 0.05) is 20.2 Å². The minimum absolute atomic E-state index is 0.277. The fourth-order valence-electron chi connectivity index (χ4n) is 1.81. The van der Waals surface area contributed by atoms with Crippen LogP contribution in [0.1, 0.15) is 31.9 Å². The monoisotopic (exact) mass is 226 g/mol. The Kier molecular flexibility index (Phi) is 6.03. The number of aromatic nitrogens is 3. The van der Waals surface area contributed by atoms with Crippen molar-refractivity contribution < 1.29 is 5.11 Å². The molecule has 0 fully saturated rings. The second-order valence-electron chi connectivity index (χ2n) is 4.15. The molecule has 0 spiro atoms. The Balaban J connectivity index is 2.24. The highest BCUT2D eigenvalue weighted by molar-refractivity contribution is 4.92. The van der Waals surface area contributed by atoms with Crippen molar-refractivity contribution in [3.05, 3.63) is 11.9 Å². The standard InChI is InChI=1S/C11H22N4O/c1-3-4-10(5-6-16)7-12-8-11-9-13-14-15(11)2/h9-10,12,16H,3-8H2,1-2H3. The molecule has 0 amide bonds. The highest BCUT2D eigenvalue weighted by atomic mass is 16.3. The summed E-state index contributed by atoms with van der Waals surface area (Å²) in [6, 6.07) is 0. The van der Waals surface area contributed by atoms with Crippen molar-refractivity contribution in [1.82, 2.24) is 20.3 Å². The quantitative estimate of drug-likeness (QED) is 0.685. The van der Waals surface area contributed by atoms with E-state index in [-0.39, 0.29) is 6.61 Å². The zero-order chi connectivity index (χ0) is 11.8. The van der Waals surface area contributed by atoms with Crippen LogP contribution in [-0.2, 0) is 13.6 Å². The number of hydrogen-bond acceptors (Lipinski definition) is 4. The van der Waals surface area contributed by atoms with Gasteiger partial charge in [-0.05, 0) is 25.3 Å². The highest BCUT2D eigenvalue weighted by Crippen LogP contribution is 2.09. The van der Waals surface area contributed by atoms with Crippen molar-refractivity contribution in [3.63, 3.8) is 0 Å².